The van der Waals surface area contributed by atoms with Crippen LogP contribution in [0, 0.1) is 0 Å². The topological polar surface area (TPSA) is 78.1 Å². The van der Waals surface area contributed by atoms with Crippen LogP contribution in [0.25, 0.3) is 22.1 Å². The van der Waals surface area contributed by atoms with Gasteiger partial charge in [-0.15, -0.1) is 0 Å². The molecule has 5 rings (SSSR count). The normalized spacial score (nSPS) is 18.3. The Bertz CT molecular complexity index is 1300. The van der Waals surface area contributed by atoms with Gasteiger partial charge in [-0.2, -0.15) is 0 Å². The van der Waals surface area contributed by atoms with Gasteiger partial charge in [0.15, 0.2) is 11.5 Å². The van der Waals surface area contributed by atoms with E-state index in [2.05, 4.69) is 13.8 Å². The summed E-state index contributed by atoms with van der Waals surface area (Å²) in [6.07, 6.45) is 4.66. The molecule has 168 valence electrons. The number of methoxy groups -OCH3 is 1. The molecule has 0 amide bonds. The van der Waals surface area contributed by atoms with Crippen molar-refractivity contribution in [2.24, 2.45) is 0 Å². The van der Waals surface area contributed by atoms with Crippen molar-refractivity contribution in [3.05, 3.63) is 45.8 Å². The Morgan fingerprint density at radius 2 is 1.62 bits per heavy atom. The van der Waals surface area contributed by atoms with Crippen LogP contribution in [0.5, 0.6) is 23.0 Å². The predicted molar refractivity (Wildman–Crippen MR) is 122 cm³/mol. The van der Waals surface area contributed by atoms with Gasteiger partial charge in [0.1, 0.15) is 39.9 Å². The zero-order valence-electron chi connectivity index (χ0n) is 19.1. The van der Waals surface area contributed by atoms with Gasteiger partial charge in [-0.3, -0.25) is 4.79 Å². The van der Waals surface area contributed by atoms with E-state index in [1.165, 1.54) is 19.4 Å². The van der Waals surface area contributed by atoms with E-state index in [9.17, 15) is 9.90 Å². The first-order valence-corrected chi connectivity index (χ1v) is 11.0. The van der Waals surface area contributed by atoms with Crippen LogP contribution in [-0.2, 0) is 12.8 Å². The van der Waals surface area contributed by atoms with Crippen molar-refractivity contribution < 1.29 is 23.7 Å². The minimum absolute atomic E-state index is 0.0371. The third-order valence-corrected chi connectivity index (χ3v) is 6.52. The quantitative estimate of drug-likeness (QED) is 0.581. The molecule has 3 aromatic rings. The molecule has 0 aliphatic carbocycles. The van der Waals surface area contributed by atoms with Crippen molar-refractivity contribution in [3.63, 3.8) is 0 Å². The van der Waals surface area contributed by atoms with E-state index in [4.69, 9.17) is 18.6 Å². The van der Waals surface area contributed by atoms with E-state index >= 15 is 0 Å². The maximum absolute atomic E-state index is 13.8. The molecule has 6 heteroatoms. The Morgan fingerprint density at radius 1 is 0.969 bits per heavy atom. The molecule has 3 heterocycles. The third kappa shape index (κ3) is 3.20. The minimum Gasteiger partial charge on any atom is -0.504 e. The minimum atomic E-state index is -0.404. The highest BCUT2D eigenvalue weighted by atomic mass is 16.5. The van der Waals surface area contributed by atoms with Gasteiger partial charge in [-0.1, -0.05) is 6.07 Å². The lowest BCUT2D eigenvalue weighted by Gasteiger charge is -2.39. The van der Waals surface area contributed by atoms with Crippen molar-refractivity contribution in [1.82, 2.24) is 0 Å². The molecule has 0 atom stereocenters. The highest BCUT2D eigenvalue weighted by molar-refractivity contribution is 5.93. The summed E-state index contributed by atoms with van der Waals surface area (Å²) < 4.78 is 24.0. The fraction of sp³-hybridized carbons (Fsp3) is 0.423. The van der Waals surface area contributed by atoms with E-state index in [1.54, 1.807) is 12.1 Å². The molecule has 1 N–H and O–H groups in total. The third-order valence-electron chi connectivity index (χ3n) is 6.52. The van der Waals surface area contributed by atoms with Gasteiger partial charge >= 0.3 is 0 Å². The summed E-state index contributed by atoms with van der Waals surface area (Å²) in [5, 5.41) is 10.7. The summed E-state index contributed by atoms with van der Waals surface area (Å²) in [5.74, 6) is 1.67. The molecule has 0 bridgehead atoms. The summed E-state index contributed by atoms with van der Waals surface area (Å²) >= 11 is 0. The van der Waals surface area contributed by atoms with Gasteiger partial charge in [-0.25, -0.2) is 0 Å². The lowest BCUT2D eigenvalue weighted by atomic mass is 9.86. The molecule has 0 spiro atoms. The average Bonchev–Trinajstić information content (AvgIpc) is 2.72. The molecule has 1 aromatic heterocycles. The number of phenolic OH excluding ortho intramolecular Hbond substituents is 1. The summed E-state index contributed by atoms with van der Waals surface area (Å²) in [6, 6.07) is 4.88. The summed E-state index contributed by atoms with van der Waals surface area (Å²) in [7, 11) is 1.48. The van der Waals surface area contributed by atoms with Crippen LogP contribution in [-0.4, -0.2) is 23.4 Å². The van der Waals surface area contributed by atoms with Crippen LogP contribution in [0.2, 0.25) is 0 Å². The molecule has 2 aromatic carbocycles. The van der Waals surface area contributed by atoms with Crippen molar-refractivity contribution in [1.29, 1.82) is 0 Å². The van der Waals surface area contributed by atoms with Crippen LogP contribution >= 0.6 is 0 Å². The molecule has 0 saturated heterocycles. The lowest BCUT2D eigenvalue weighted by molar-refractivity contribution is 0.0682. The van der Waals surface area contributed by atoms with Gasteiger partial charge in [0.25, 0.3) is 0 Å². The standard InChI is InChI=1S/C26H28O6/c1-25(2)10-8-15-22(31-25)16-9-11-26(3,4)32-24(16)20-21(28)17(13-30-23(15)20)14-6-7-19(29-5)18(27)12-14/h6-7,12-13,27H,8-11H2,1-5H3. The summed E-state index contributed by atoms with van der Waals surface area (Å²) in [4.78, 5) is 13.8. The van der Waals surface area contributed by atoms with E-state index in [-0.39, 0.29) is 16.8 Å². The Morgan fingerprint density at radius 3 is 2.28 bits per heavy atom. The molecule has 0 saturated carbocycles. The SMILES string of the molecule is COc1ccc(-c2coc3c4c(c5c(c3c2=O)OC(C)(C)CC5)OC(C)(C)CC4)cc1O. The Hall–Kier alpha value is -3.15. The number of hydrogen-bond acceptors (Lipinski definition) is 6. The van der Waals surface area contributed by atoms with Gasteiger partial charge in [0, 0.05) is 11.1 Å². The van der Waals surface area contributed by atoms with Gasteiger partial charge < -0.3 is 23.7 Å². The van der Waals surface area contributed by atoms with Crippen molar-refractivity contribution in [2.75, 3.05) is 7.11 Å². The van der Waals surface area contributed by atoms with Gasteiger partial charge in [-0.05, 0) is 71.1 Å². The number of hydrogen-bond donors (Lipinski definition) is 1. The predicted octanol–water partition coefficient (Wildman–Crippen LogP) is 5.38. The second kappa shape index (κ2) is 6.92. The number of aromatic hydroxyl groups is 1. The number of ether oxygens (including phenoxy) is 3. The highest BCUT2D eigenvalue weighted by Crippen LogP contribution is 2.49. The number of rotatable bonds is 2. The molecule has 0 unspecified atom stereocenters. The molecular formula is C26H28O6. The second-order valence-corrected chi connectivity index (χ2v) is 9.91. The van der Waals surface area contributed by atoms with E-state index in [0.717, 1.165) is 42.6 Å². The first-order chi connectivity index (χ1) is 15.1. The molecule has 2 aliphatic heterocycles. The van der Waals surface area contributed by atoms with E-state index in [0.29, 0.717) is 33.6 Å². The molecule has 2 aliphatic rings. The fourth-order valence-corrected chi connectivity index (χ4v) is 4.69. The van der Waals surface area contributed by atoms with Crippen LogP contribution in [0.1, 0.15) is 51.7 Å². The zero-order valence-corrected chi connectivity index (χ0v) is 19.1. The number of aryl methyl sites for hydroxylation is 1. The second-order valence-electron chi connectivity index (χ2n) is 9.91. The maximum Gasteiger partial charge on any atom is 0.204 e. The largest absolute Gasteiger partial charge is 0.504 e. The Labute approximate surface area is 186 Å². The number of fused-ring (bicyclic) bond motifs is 6. The first kappa shape index (κ1) is 20.7. The summed E-state index contributed by atoms with van der Waals surface area (Å²) in [6.45, 7) is 8.21. The summed E-state index contributed by atoms with van der Waals surface area (Å²) in [5.41, 5.74) is 2.45. The average molecular weight is 437 g/mol. The maximum atomic E-state index is 13.8. The van der Waals surface area contributed by atoms with Crippen molar-refractivity contribution in [3.8, 4) is 34.1 Å². The van der Waals surface area contributed by atoms with Gasteiger partial charge in [0.2, 0.25) is 5.43 Å². The smallest absolute Gasteiger partial charge is 0.204 e. The van der Waals surface area contributed by atoms with E-state index in [1.807, 2.05) is 13.8 Å². The Kier molecular flexibility index (Phi) is 4.49. The van der Waals surface area contributed by atoms with E-state index < -0.39 is 5.60 Å². The number of phenols is 1. The molecule has 32 heavy (non-hydrogen) atoms. The molecule has 6 nitrogen and oxygen atoms in total. The monoisotopic (exact) mass is 436 g/mol. The molecular weight excluding hydrogens is 408 g/mol. The number of benzene rings is 2. The fourth-order valence-electron chi connectivity index (χ4n) is 4.69. The van der Waals surface area contributed by atoms with Crippen LogP contribution in [0.4, 0.5) is 0 Å². The molecule has 0 fully saturated rings. The Balaban J connectivity index is 1.81. The van der Waals surface area contributed by atoms with Crippen molar-refractivity contribution in [2.45, 2.75) is 64.6 Å². The van der Waals surface area contributed by atoms with Crippen molar-refractivity contribution >= 4 is 11.0 Å². The van der Waals surface area contributed by atoms with Crippen LogP contribution in [0.15, 0.2) is 33.7 Å². The zero-order chi connectivity index (χ0) is 22.8. The molecule has 0 radical (unpaired) electrons. The van der Waals surface area contributed by atoms with Gasteiger partial charge in [0.05, 0.1) is 12.7 Å². The van der Waals surface area contributed by atoms with Crippen LogP contribution < -0.4 is 19.6 Å². The van der Waals surface area contributed by atoms with Crippen LogP contribution in [0.3, 0.4) is 0 Å². The highest BCUT2D eigenvalue weighted by Gasteiger charge is 2.38. The first-order valence-electron chi connectivity index (χ1n) is 11.0. The lowest BCUT2D eigenvalue weighted by Crippen LogP contribution is -2.37.